The lowest BCUT2D eigenvalue weighted by Crippen LogP contribution is -2.01. The Bertz CT molecular complexity index is 898. The zero-order valence-corrected chi connectivity index (χ0v) is 13.5. The van der Waals surface area contributed by atoms with Gasteiger partial charge in [0, 0.05) is 36.2 Å². The minimum atomic E-state index is -1.01. The number of hydrogen-bond donors (Lipinski definition) is 3. The second kappa shape index (κ2) is 7.59. The van der Waals surface area contributed by atoms with E-state index in [4.69, 9.17) is 5.11 Å². The number of nitrogens with zero attached hydrogens (tertiary/aromatic N) is 1. The number of aromatic carboxylic acids is 1. The van der Waals surface area contributed by atoms with Crippen LogP contribution in [-0.2, 0) is 6.42 Å². The molecule has 0 spiro atoms. The van der Waals surface area contributed by atoms with E-state index in [-0.39, 0.29) is 18.6 Å². The fraction of sp³-hybridized carbons (Fsp3) is 0.100. The van der Waals surface area contributed by atoms with E-state index >= 15 is 0 Å². The molecule has 0 radical (unpaired) electrons. The van der Waals surface area contributed by atoms with Gasteiger partial charge >= 0.3 is 5.97 Å². The average molecular weight is 334 g/mol. The van der Waals surface area contributed by atoms with Crippen LogP contribution >= 0.6 is 0 Å². The summed E-state index contributed by atoms with van der Waals surface area (Å²) in [6, 6.07) is 15.2. The van der Waals surface area contributed by atoms with Crippen molar-refractivity contribution in [2.24, 2.45) is 0 Å². The van der Waals surface area contributed by atoms with Crippen LogP contribution in [0.4, 0.5) is 0 Å². The Labute approximate surface area is 145 Å². The topological polar surface area (TPSA) is 86.2 Å². The third-order valence-electron chi connectivity index (χ3n) is 3.83. The number of nitrogens with one attached hydrogen (secondary N) is 1. The van der Waals surface area contributed by atoms with Gasteiger partial charge in [0.2, 0.25) is 0 Å². The number of hydrogen-bond acceptors (Lipinski definition) is 3. The predicted molar refractivity (Wildman–Crippen MR) is 97.1 cm³/mol. The van der Waals surface area contributed by atoms with Gasteiger partial charge in [-0.2, -0.15) is 0 Å². The summed E-state index contributed by atoms with van der Waals surface area (Å²) >= 11 is 0. The Hall–Kier alpha value is -3.18. The summed E-state index contributed by atoms with van der Waals surface area (Å²) in [5, 5.41) is 18.4. The number of aromatic amines is 1. The molecule has 1 aromatic carbocycles. The van der Waals surface area contributed by atoms with Gasteiger partial charge in [-0.1, -0.05) is 36.4 Å². The second-order valence-electron chi connectivity index (χ2n) is 5.57. The van der Waals surface area contributed by atoms with Crippen molar-refractivity contribution in [1.82, 2.24) is 9.97 Å². The van der Waals surface area contributed by atoms with E-state index in [0.29, 0.717) is 11.4 Å². The van der Waals surface area contributed by atoms with Gasteiger partial charge in [0.1, 0.15) is 0 Å². The molecule has 0 unspecified atom stereocenters. The highest BCUT2D eigenvalue weighted by molar-refractivity contribution is 5.91. The molecule has 2 heterocycles. The first kappa shape index (κ1) is 16.7. The molecule has 2 aromatic heterocycles. The fourth-order valence-corrected chi connectivity index (χ4v) is 2.61. The first-order chi connectivity index (χ1) is 12.2. The standard InChI is InChI=1S/C20H18N2O3/c23-11-9-18-17(20(24)25)13-19(22-18)15-8-10-21-16(12-15)7-6-14-4-2-1-3-5-14/h1-8,10,12-13,22-23H,9,11H2,(H,24,25). The molecular formula is C20H18N2O3. The van der Waals surface area contributed by atoms with Crippen molar-refractivity contribution in [2.75, 3.05) is 6.61 Å². The van der Waals surface area contributed by atoms with Crippen LogP contribution in [-0.4, -0.2) is 32.8 Å². The van der Waals surface area contributed by atoms with Crippen molar-refractivity contribution in [3.63, 3.8) is 0 Å². The number of H-pyrrole nitrogens is 1. The number of aromatic nitrogens is 2. The summed E-state index contributed by atoms with van der Waals surface area (Å²) in [5.41, 5.74) is 4.09. The normalized spacial score (nSPS) is 11.1. The molecule has 0 aliphatic heterocycles. The molecule has 0 fully saturated rings. The number of pyridine rings is 1. The van der Waals surface area contributed by atoms with Crippen LogP contribution in [0.3, 0.4) is 0 Å². The van der Waals surface area contributed by atoms with Crippen LogP contribution in [0.25, 0.3) is 23.4 Å². The van der Waals surface area contributed by atoms with Crippen molar-refractivity contribution in [3.05, 3.63) is 77.2 Å². The van der Waals surface area contributed by atoms with Crippen molar-refractivity contribution in [2.45, 2.75) is 6.42 Å². The van der Waals surface area contributed by atoms with E-state index in [1.165, 1.54) is 0 Å². The quantitative estimate of drug-likeness (QED) is 0.644. The molecule has 0 amide bonds. The van der Waals surface area contributed by atoms with Gasteiger partial charge in [-0.05, 0) is 29.8 Å². The van der Waals surface area contributed by atoms with Crippen LogP contribution in [0.5, 0.6) is 0 Å². The van der Waals surface area contributed by atoms with Gasteiger partial charge in [0.15, 0.2) is 0 Å². The van der Waals surface area contributed by atoms with Gasteiger partial charge in [-0.3, -0.25) is 4.98 Å². The Morgan fingerprint density at radius 3 is 2.64 bits per heavy atom. The van der Waals surface area contributed by atoms with Crippen molar-refractivity contribution in [3.8, 4) is 11.3 Å². The van der Waals surface area contributed by atoms with E-state index in [0.717, 1.165) is 16.8 Å². The van der Waals surface area contributed by atoms with Gasteiger partial charge < -0.3 is 15.2 Å². The first-order valence-corrected chi connectivity index (χ1v) is 7.93. The van der Waals surface area contributed by atoms with E-state index in [1.54, 1.807) is 12.3 Å². The maximum Gasteiger partial charge on any atom is 0.337 e. The summed E-state index contributed by atoms with van der Waals surface area (Å²) in [7, 11) is 0. The van der Waals surface area contributed by atoms with Crippen LogP contribution in [0, 0.1) is 0 Å². The van der Waals surface area contributed by atoms with Crippen molar-refractivity contribution in [1.29, 1.82) is 0 Å². The monoisotopic (exact) mass is 334 g/mol. The van der Waals surface area contributed by atoms with Crippen LogP contribution in [0.2, 0.25) is 0 Å². The molecule has 5 heteroatoms. The van der Waals surface area contributed by atoms with Gasteiger partial charge in [0.05, 0.1) is 11.3 Å². The van der Waals surface area contributed by atoms with E-state index < -0.39 is 5.97 Å². The molecule has 0 atom stereocenters. The number of carbonyl (C=O) groups is 1. The van der Waals surface area contributed by atoms with Gasteiger partial charge in [-0.25, -0.2) is 4.79 Å². The molecule has 0 saturated carbocycles. The molecule has 0 aliphatic carbocycles. The van der Waals surface area contributed by atoms with Crippen molar-refractivity contribution < 1.29 is 15.0 Å². The molecule has 5 nitrogen and oxygen atoms in total. The van der Waals surface area contributed by atoms with Crippen LogP contribution in [0.15, 0.2) is 54.7 Å². The number of benzene rings is 1. The third kappa shape index (κ3) is 4.02. The maximum atomic E-state index is 11.3. The number of aliphatic hydroxyl groups excluding tert-OH is 1. The van der Waals surface area contributed by atoms with E-state index in [9.17, 15) is 9.90 Å². The molecule has 0 bridgehead atoms. The zero-order valence-electron chi connectivity index (χ0n) is 13.5. The Morgan fingerprint density at radius 1 is 1.12 bits per heavy atom. The summed E-state index contributed by atoms with van der Waals surface area (Å²) in [6.45, 7) is -0.109. The minimum absolute atomic E-state index is 0.109. The lowest BCUT2D eigenvalue weighted by Gasteiger charge is -2.00. The summed E-state index contributed by atoms with van der Waals surface area (Å²) < 4.78 is 0. The third-order valence-corrected chi connectivity index (χ3v) is 3.83. The number of carboxylic acid groups (broad SMARTS) is 1. The Morgan fingerprint density at radius 2 is 1.92 bits per heavy atom. The Kier molecular flexibility index (Phi) is 5.06. The fourth-order valence-electron chi connectivity index (χ4n) is 2.61. The second-order valence-corrected chi connectivity index (χ2v) is 5.57. The predicted octanol–water partition coefficient (Wildman–Crippen LogP) is 3.48. The molecule has 3 N–H and O–H groups in total. The number of rotatable bonds is 6. The summed E-state index contributed by atoms with van der Waals surface area (Å²) in [5.74, 6) is -1.01. The molecular weight excluding hydrogens is 316 g/mol. The molecule has 0 aliphatic rings. The zero-order chi connectivity index (χ0) is 17.6. The average Bonchev–Trinajstić information content (AvgIpc) is 3.06. The summed E-state index contributed by atoms with van der Waals surface area (Å²) in [6.07, 6.45) is 5.84. The van der Waals surface area contributed by atoms with Crippen LogP contribution < -0.4 is 0 Å². The highest BCUT2D eigenvalue weighted by Crippen LogP contribution is 2.23. The molecule has 25 heavy (non-hydrogen) atoms. The van der Waals surface area contributed by atoms with E-state index in [1.807, 2.05) is 54.6 Å². The van der Waals surface area contributed by atoms with Crippen LogP contribution in [0.1, 0.15) is 27.3 Å². The molecule has 0 saturated heterocycles. The first-order valence-electron chi connectivity index (χ1n) is 7.93. The lowest BCUT2D eigenvalue weighted by molar-refractivity contribution is 0.0695. The van der Waals surface area contributed by atoms with Gasteiger partial charge in [-0.15, -0.1) is 0 Å². The summed E-state index contributed by atoms with van der Waals surface area (Å²) in [4.78, 5) is 18.8. The van der Waals surface area contributed by atoms with Crippen molar-refractivity contribution >= 4 is 18.1 Å². The maximum absolute atomic E-state index is 11.3. The Balaban J connectivity index is 1.90. The highest BCUT2D eigenvalue weighted by Gasteiger charge is 2.15. The molecule has 3 rings (SSSR count). The highest BCUT2D eigenvalue weighted by atomic mass is 16.4. The smallest absolute Gasteiger partial charge is 0.337 e. The molecule has 3 aromatic rings. The minimum Gasteiger partial charge on any atom is -0.478 e. The SMILES string of the molecule is O=C(O)c1cc(-c2ccnc(C=Cc3ccccc3)c2)[nH]c1CCO. The van der Waals surface area contributed by atoms with E-state index in [2.05, 4.69) is 9.97 Å². The number of carboxylic acids is 1. The number of aliphatic hydroxyl groups is 1. The van der Waals surface area contributed by atoms with Gasteiger partial charge in [0.25, 0.3) is 0 Å². The molecule has 126 valence electrons. The largest absolute Gasteiger partial charge is 0.478 e. The lowest BCUT2D eigenvalue weighted by atomic mass is 10.1.